The van der Waals surface area contributed by atoms with E-state index in [0.717, 1.165) is 57.8 Å². The summed E-state index contributed by atoms with van der Waals surface area (Å²) in [5, 5.41) is 0. The summed E-state index contributed by atoms with van der Waals surface area (Å²) in [5.74, 6) is -0.853. The van der Waals surface area contributed by atoms with Crippen LogP contribution in [0.25, 0.3) is 0 Å². The zero-order valence-corrected chi connectivity index (χ0v) is 48.0. The maximum Gasteiger partial charge on any atom is 0.306 e. The van der Waals surface area contributed by atoms with E-state index in [1.54, 1.807) is 0 Å². The number of allylic oxidation sites excluding steroid dienone is 4. The Morgan fingerprint density at radius 1 is 0.268 bits per heavy atom. The average molecular weight is 1000 g/mol. The van der Waals surface area contributed by atoms with Crippen LogP contribution in [0.2, 0.25) is 0 Å². The van der Waals surface area contributed by atoms with Crippen LogP contribution in [0, 0.1) is 0 Å². The van der Waals surface area contributed by atoms with Gasteiger partial charge in [0.2, 0.25) is 0 Å². The minimum atomic E-state index is -0.772. The van der Waals surface area contributed by atoms with Crippen LogP contribution in [0.5, 0.6) is 0 Å². The zero-order valence-electron chi connectivity index (χ0n) is 48.0. The van der Waals surface area contributed by atoms with Gasteiger partial charge < -0.3 is 14.2 Å². The molecule has 0 heterocycles. The highest BCUT2D eigenvalue weighted by Crippen LogP contribution is 2.18. The van der Waals surface area contributed by atoms with Crippen molar-refractivity contribution < 1.29 is 28.6 Å². The second kappa shape index (κ2) is 60.4. The fraction of sp³-hybridized carbons (Fsp3) is 0.892. The van der Waals surface area contributed by atoms with Crippen LogP contribution in [0.1, 0.15) is 355 Å². The van der Waals surface area contributed by atoms with Gasteiger partial charge in [0.15, 0.2) is 6.10 Å². The first-order valence-electron chi connectivity index (χ1n) is 31.8. The van der Waals surface area contributed by atoms with E-state index < -0.39 is 6.10 Å². The summed E-state index contributed by atoms with van der Waals surface area (Å²) in [4.78, 5) is 38.3. The minimum absolute atomic E-state index is 0.0694. The van der Waals surface area contributed by atoms with Crippen LogP contribution in [-0.4, -0.2) is 37.2 Å². The van der Waals surface area contributed by atoms with E-state index in [-0.39, 0.29) is 31.1 Å². The van der Waals surface area contributed by atoms with Gasteiger partial charge in [-0.3, -0.25) is 14.4 Å². The van der Waals surface area contributed by atoms with Gasteiger partial charge in [-0.25, -0.2) is 0 Å². The van der Waals surface area contributed by atoms with Crippen molar-refractivity contribution in [1.29, 1.82) is 0 Å². The molecular formula is C65H122O6. The number of hydrogen-bond acceptors (Lipinski definition) is 6. The lowest BCUT2D eigenvalue weighted by Gasteiger charge is -2.18. The fourth-order valence-electron chi connectivity index (χ4n) is 9.61. The molecular weight excluding hydrogens is 877 g/mol. The molecule has 0 unspecified atom stereocenters. The van der Waals surface area contributed by atoms with Crippen LogP contribution in [0.3, 0.4) is 0 Å². The highest BCUT2D eigenvalue weighted by atomic mass is 16.6. The largest absolute Gasteiger partial charge is 0.462 e. The second-order valence-electron chi connectivity index (χ2n) is 21.7. The van der Waals surface area contributed by atoms with Crippen LogP contribution >= 0.6 is 0 Å². The van der Waals surface area contributed by atoms with Crippen LogP contribution < -0.4 is 0 Å². The Kier molecular flexibility index (Phi) is 58.6. The number of rotatable bonds is 59. The quantitative estimate of drug-likeness (QED) is 0.0261. The molecule has 6 heteroatoms. The molecule has 0 bridgehead atoms. The first kappa shape index (κ1) is 68.9. The summed E-state index contributed by atoms with van der Waals surface area (Å²) in [6.07, 6.45) is 71.8. The van der Waals surface area contributed by atoms with E-state index in [1.807, 2.05) is 0 Å². The van der Waals surface area contributed by atoms with Crippen molar-refractivity contribution in [1.82, 2.24) is 0 Å². The molecule has 0 aromatic rings. The molecule has 71 heavy (non-hydrogen) atoms. The molecule has 0 aliphatic rings. The third kappa shape index (κ3) is 58.7. The zero-order chi connectivity index (χ0) is 51.4. The summed E-state index contributed by atoms with van der Waals surface area (Å²) in [6, 6.07) is 0. The van der Waals surface area contributed by atoms with Crippen LogP contribution in [-0.2, 0) is 28.6 Å². The van der Waals surface area contributed by atoms with Crippen molar-refractivity contribution in [3.8, 4) is 0 Å². The molecule has 6 nitrogen and oxygen atoms in total. The monoisotopic (exact) mass is 999 g/mol. The topological polar surface area (TPSA) is 78.9 Å². The van der Waals surface area contributed by atoms with Gasteiger partial charge in [0.05, 0.1) is 0 Å². The lowest BCUT2D eigenvalue weighted by atomic mass is 10.0. The maximum absolute atomic E-state index is 12.9. The van der Waals surface area contributed by atoms with E-state index in [2.05, 4.69) is 45.1 Å². The van der Waals surface area contributed by atoms with Crippen molar-refractivity contribution in [2.75, 3.05) is 13.2 Å². The van der Waals surface area contributed by atoms with Gasteiger partial charge in [-0.05, 0) is 70.6 Å². The SMILES string of the molecule is CCCCCC/C=C\CCCCCCCCCC(=O)O[C@H](COC(=O)CCCCCCCCC/C=C\CCCCCCCC)COC(=O)CCCCCCCCCCCCCCCCCCCCCCC. The number of esters is 3. The lowest BCUT2D eigenvalue weighted by Crippen LogP contribution is -2.30. The summed E-state index contributed by atoms with van der Waals surface area (Å²) in [7, 11) is 0. The molecule has 1 atom stereocenters. The molecule has 0 N–H and O–H groups in total. The molecule has 0 saturated carbocycles. The molecule has 0 aliphatic carbocycles. The van der Waals surface area contributed by atoms with Crippen molar-refractivity contribution in [2.24, 2.45) is 0 Å². The van der Waals surface area contributed by atoms with E-state index >= 15 is 0 Å². The second-order valence-corrected chi connectivity index (χ2v) is 21.7. The molecule has 0 saturated heterocycles. The number of ether oxygens (including phenoxy) is 3. The number of carbonyl (C=O) groups is 3. The van der Waals surface area contributed by atoms with E-state index in [1.165, 1.54) is 257 Å². The summed E-state index contributed by atoms with van der Waals surface area (Å²) in [5.41, 5.74) is 0. The van der Waals surface area contributed by atoms with Gasteiger partial charge in [-0.2, -0.15) is 0 Å². The molecule has 0 aromatic heterocycles. The smallest absolute Gasteiger partial charge is 0.306 e. The van der Waals surface area contributed by atoms with Gasteiger partial charge in [-0.15, -0.1) is 0 Å². The highest BCUT2D eigenvalue weighted by molar-refractivity contribution is 5.71. The van der Waals surface area contributed by atoms with Gasteiger partial charge in [0, 0.05) is 19.3 Å². The molecule has 0 aromatic carbocycles. The Hall–Kier alpha value is -2.11. The Balaban J connectivity index is 4.29. The van der Waals surface area contributed by atoms with E-state index in [9.17, 15) is 14.4 Å². The van der Waals surface area contributed by atoms with Crippen LogP contribution in [0.4, 0.5) is 0 Å². The van der Waals surface area contributed by atoms with Gasteiger partial charge in [0.1, 0.15) is 13.2 Å². The summed E-state index contributed by atoms with van der Waals surface area (Å²) >= 11 is 0. The van der Waals surface area contributed by atoms with Gasteiger partial charge in [-0.1, -0.05) is 289 Å². The highest BCUT2D eigenvalue weighted by Gasteiger charge is 2.19. The summed E-state index contributed by atoms with van der Waals surface area (Å²) < 4.78 is 16.9. The standard InChI is InChI=1S/C65H122O6/c1-4-7-10-13-16-19-22-25-28-30-31-32-33-35-38-40-43-46-49-52-55-58-64(67)70-61-62(71-65(68)59-56-53-50-47-44-41-36-27-24-21-18-15-12-9-6-3)60-69-63(66)57-54-51-48-45-42-39-37-34-29-26-23-20-17-14-11-8-5-2/h21,24,26,29,62H,4-20,22-23,25,27-28,30-61H2,1-3H3/b24-21-,29-26-/t62-/m1/s1. The number of carbonyl (C=O) groups excluding carboxylic acids is 3. The van der Waals surface area contributed by atoms with Crippen molar-refractivity contribution >= 4 is 17.9 Å². The predicted molar refractivity (Wildman–Crippen MR) is 307 cm³/mol. The Morgan fingerprint density at radius 3 is 0.718 bits per heavy atom. The van der Waals surface area contributed by atoms with Gasteiger partial charge >= 0.3 is 17.9 Å². The molecule has 0 amide bonds. The first-order chi connectivity index (χ1) is 35.0. The van der Waals surface area contributed by atoms with Crippen molar-refractivity contribution in [2.45, 2.75) is 361 Å². The number of unbranched alkanes of at least 4 members (excludes halogenated alkanes) is 44. The maximum atomic E-state index is 12.9. The molecule has 0 radical (unpaired) electrons. The molecule has 0 spiro atoms. The Labute approximate surface area is 443 Å². The molecule has 418 valence electrons. The molecule has 0 aliphatic heterocycles. The first-order valence-corrected chi connectivity index (χ1v) is 31.8. The third-order valence-electron chi connectivity index (χ3n) is 14.4. The average Bonchev–Trinajstić information content (AvgIpc) is 3.37. The summed E-state index contributed by atoms with van der Waals surface area (Å²) in [6.45, 7) is 6.68. The van der Waals surface area contributed by atoms with Crippen molar-refractivity contribution in [3.63, 3.8) is 0 Å². The van der Waals surface area contributed by atoms with Gasteiger partial charge in [0.25, 0.3) is 0 Å². The lowest BCUT2D eigenvalue weighted by molar-refractivity contribution is -0.167. The molecule has 0 rings (SSSR count). The molecule has 0 fully saturated rings. The predicted octanol–water partition coefficient (Wildman–Crippen LogP) is 21.4. The fourth-order valence-corrected chi connectivity index (χ4v) is 9.61. The van der Waals surface area contributed by atoms with E-state index in [0.29, 0.717) is 19.3 Å². The Bertz CT molecular complexity index is 1150. The normalized spacial score (nSPS) is 12.1. The Morgan fingerprint density at radius 2 is 0.465 bits per heavy atom. The third-order valence-corrected chi connectivity index (χ3v) is 14.4. The van der Waals surface area contributed by atoms with Crippen LogP contribution in [0.15, 0.2) is 24.3 Å². The van der Waals surface area contributed by atoms with E-state index in [4.69, 9.17) is 14.2 Å². The number of hydrogen-bond donors (Lipinski definition) is 0. The van der Waals surface area contributed by atoms with Crippen molar-refractivity contribution in [3.05, 3.63) is 24.3 Å². The minimum Gasteiger partial charge on any atom is -0.462 e.